The molecule has 3 atom stereocenters. The molecule has 3 aromatic carbocycles. The Kier molecular flexibility index (Phi) is 8.31. The molecule has 5 nitrogen and oxygen atoms in total. The van der Waals surface area contributed by atoms with Gasteiger partial charge in [-0.2, -0.15) is 18.3 Å². The van der Waals surface area contributed by atoms with Gasteiger partial charge in [0, 0.05) is 37.3 Å². The van der Waals surface area contributed by atoms with Gasteiger partial charge in [-0.1, -0.05) is 72.8 Å². The van der Waals surface area contributed by atoms with Crippen molar-refractivity contribution in [3.8, 4) is 0 Å². The van der Waals surface area contributed by atoms with E-state index in [-0.39, 0.29) is 18.0 Å². The van der Waals surface area contributed by atoms with E-state index in [0.29, 0.717) is 19.4 Å². The summed E-state index contributed by atoms with van der Waals surface area (Å²) in [5.74, 6) is -0.0955. The van der Waals surface area contributed by atoms with Crippen molar-refractivity contribution in [2.75, 3.05) is 13.6 Å². The van der Waals surface area contributed by atoms with Gasteiger partial charge in [-0.15, -0.1) is 0 Å². The van der Waals surface area contributed by atoms with E-state index in [1.165, 1.54) is 0 Å². The minimum absolute atomic E-state index is 0.0321. The van der Waals surface area contributed by atoms with Gasteiger partial charge >= 0.3 is 6.18 Å². The molecule has 1 aliphatic rings. The van der Waals surface area contributed by atoms with Gasteiger partial charge in [0.2, 0.25) is 5.91 Å². The zero-order valence-electron chi connectivity index (χ0n) is 23.5. The van der Waals surface area contributed by atoms with Crippen LogP contribution in [-0.4, -0.2) is 34.2 Å². The molecule has 4 aromatic rings. The summed E-state index contributed by atoms with van der Waals surface area (Å²) < 4.78 is 41.6. The number of hydrogen-bond acceptors (Lipinski definition) is 3. The Morgan fingerprint density at radius 3 is 2.17 bits per heavy atom. The van der Waals surface area contributed by atoms with Crippen molar-refractivity contribution < 1.29 is 18.0 Å². The van der Waals surface area contributed by atoms with Crippen LogP contribution < -0.4 is 5.32 Å². The molecule has 1 aromatic heterocycles. The average molecular weight is 561 g/mol. The van der Waals surface area contributed by atoms with Gasteiger partial charge in [-0.3, -0.25) is 14.4 Å². The van der Waals surface area contributed by atoms with Crippen LogP contribution >= 0.6 is 0 Å². The van der Waals surface area contributed by atoms with Crippen LogP contribution in [0.4, 0.5) is 13.2 Å². The first-order chi connectivity index (χ1) is 19.7. The molecule has 214 valence electrons. The van der Waals surface area contributed by atoms with Crippen LogP contribution in [0.25, 0.3) is 0 Å². The van der Waals surface area contributed by atoms with Crippen molar-refractivity contribution in [3.05, 3.63) is 124 Å². The highest BCUT2D eigenvalue weighted by Gasteiger charge is 2.39. The van der Waals surface area contributed by atoms with Crippen LogP contribution in [-0.2, 0) is 23.8 Å². The fraction of sp³-hybridized carbons (Fsp3) is 0.333. The van der Waals surface area contributed by atoms with Gasteiger partial charge in [0.15, 0.2) is 0 Å². The number of carbonyl (C=O) groups excluding carboxylic acids is 1. The molecule has 2 heterocycles. The number of aryl methyl sites for hydroxylation is 2. The van der Waals surface area contributed by atoms with E-state index < -0.39 is 17.8 Å². The summed E-state index contributed by atoms with van der Waals surface area (Å²) in [6.45, 7) is 4.80. The highest BCUT2D eigenvalue weighted by molar-refractivity contribution is 5.83. The molecular weight excluding hydrogens is 525 g/mol. The number of halogens is 3. The van der Waals surface area contributed by atoms with Crippen LogP contribution in [0.15, 0.2) is 84.9 Å². The van der Waals surface area contributed by atoms with Crippen LogP contribution in [0.2, 0.25) is 0 Å². The zero-order valence-corrected chi connectivity index (χ0v) is 23.5. The molecule has 0 bridgehead atoms. The third-order valence-corrected chi connectivity index (χ3v) is 8.15. The van der Waals surface area contributed by atoms with Gasteiger partial charge < -0.3 is 5.32 Å². The Morgan fingerprint density at radius 2 is 1.59 bits per heavy atom. The number of carbonyl (C=O) groups is 1. The second-order valence-electron chi connectivity index (χ2n) is 10.6. The summed E-state index contributed by atoms with van der Waals surface area (Å²) in [5.41, 5.74) is 5.40. The number of rotatable bonds is 8. The second kappa shape index (κ2) is 11.9. The van der Waals surface area contributed by atoms with E-state index in [0.717, 1.165) is 52.2 Å². The SMILES string of the molecule is CNC(=O)C(c1ccccc1)N1CCc2c(c(C)nn2C(C)c2ccccc2)C1CCc1ccc(C(F)(F)F)cc1. The second-order valence-corrected chi connectivity index (χ2v) is 10.6. The lowest BCUT2D eigenvalue weighted by Crippen LogP contribution is -2.45. The minimum atomic E-state index is -4.37. The molecule has 1 aliphatic heterocycles. The number of amides is 1. The van der Waals surface area contributed by atoms with E-state index >= 15 is 0 Å². The third kappa shape index (κ3) is 5.93. The quantitative estimate of drug-likeness (QED) is 0.257. The number of fused-ring (bicyclic) bond motifs is 1. The first-order valence-corrected chi connectivity index (χ1v) is 14.0. The van der Waals surface area contributed by atoms with Gasteiger partial charge in [0.05, 0.1) is 17.3 Å². The molecule has 0 aliphatic carbocycles. The smallest absolute Gasteiger partial charge is 0.358 e. The topological polar surface area (TPSA) is 50.2 Å². The summed E-state index contributed by atoms with van der Waals surface area (Å²) in [6, 6.07) is 24.7. The molecule has 5 rings (SSSR count). The van der Waals surface area contributed by atoms with E-state index in [9.17, 15) is 18.0 Å². The fourth-order valence-corrected chi connectivity index (χ4v) is 6.09. The van der Waals surface area contributed by atoms with E-state index in [1.807, 2.05) is 55.5 Å². The summed E-state index contributed by atoms with van der Waals surface area (Å²) in [7, 11) is 1.65. The lowest BCUT2D eigenvalue weighted by molar-refractivity contribution is -0.137. The Balaban J connectivity index is 1.54. The van der Waals surface area contributed by atoms with Crippen molar-refractivity contribution in [1.82, 2.24) is 20.0 Å². The highest BCUT2D eigenvalue weighted by atomic mass is 19.4. The molecule has 0 radical (unpaired) electrons. The number of likely N-dealkylation sites (N-methyl/N-ethyl adjacent to an activating group) is 1. The number of alkyl halides is 3. The molecule has 8 heteroatoms. The molecule has 1 N–H and O–H groups in total. The number of nitrogens with zero attached hydrogens (tertiary/aromatic N) is 3. The van der Waals surface area contributed by atoms with Crippen LogP contribution in [0, 0.1) is 6.92 Å². The van der Waals surface area contributed by atoms with Gasteiger partial charge in [-0.05, 0) is 55.5 Å². The van der Waals surface area contributed by atoms with Crippen molar-refractivity contribution in [2.45, 2.75) is 57.4 Å². The normalized spacial score (nSPS) is 17.1. The van der Waals surface area contributed by atoms with Gasteiger partial charge in [-0.25, -0.2) is 0 Å². The Bertz CT molecular complexity index is 1470. The zero-order chi connectivity index (χ0) is 29.1. The van der Waals surface area contributed by atoms with Gasteiger partial charge in [0.25, 0.3) is 0 Å². The lowest BCUT2D eigenvalue weighted by Gasteiger charge is -2.41. The molecule has 1 amide bonds. The first kappa shape index (κ1) is 28.6. The maximum absolute atomic E-state index is 13.4. The summed E-state index contributed by atoms with van der Waals surface area (Å²) in [6.07, 6.45) is -2.45. The Labute approximate surface area is 239 Å². The molecular formula is C33H35F3N4O. The molecule has 0 spiro atoms. The standard InChI is InChI=1S/C33H35F3N4O/c1-22-30-28(19-16-24-14-17-27(18-15-24)33(34,35)36)39(31(32(41)37-3)26-12-8-5-9-13-26)21-20-29(30)40(38-22)23(2)25-10-6-4-7-11-25/h4-15,17-18,23,28,31H,16,19-21H2,1-3H3,(H,37,41). The summed E-state index contributed by atoms with van der Waals surface area (Å²) in [5, 5.41) is 7.86. The largest absolute Gasteiger partial charge is 0.416 e. The van der Waals surface area contributed by atoms with E-state index in [1.54, 1.807) is 19.2 Å². The number of nitrogens with one attached hydrogen (secondary N) is 1. The Hall–Kier alpha value is -3.91. The van der Waals surface area contributed by atoms with Crippen LogP contribution in [0.5, 0.6) is 0 Å². The predicted octanol–water partition coefficient (Wildman–Crippen LogP) is 6.84. The number of aromatic nitrogens is 2. The van der Waals surface area contributed by atoms with Crippen LogP contribution in [0.1, 0.15) is 70.7 Å². The van der Waals surface area contributed by atoms with Crippen LogP contribution in [0.3, 0.4) is 0 Å². The molecule has 3 unspecified atom stereocenters. The maximum atomic E-state index is 13.4. The van der Waals surface area contributed by atoms with E-state index in [4.69, 9.17) is 5.10 Å². The van der Waals surface area contributed by atoms with E-state index in [2.05, 4.69) is 34.0 Å². The van der Waals surface area contributed by atoms with Crippen molar-refractivity contribution in [2.24, 2.45) is 0 Å². The molecule has 0 saturated heterocycles. The monoisotopic (exact) mass is 560 g/mol. The Morgan fingerprint density at radius 1 is 0.976 bits per heavy atom. The number of hydrogen-bond donors (Lipinski definition) is 1. The first-order valence-electron chi connectivity index (χ1n) is 14.0. The third-order valence-electron chi connectivity index (χ3n) is 8.15. The lowest BCUT2D eigenvalue weighted by atomic mass is 9.88. The van der Waals surface area contributed by atoms with Gasteiger partial charge in [0.1, 0.15) is 6.04 Å². The van der Waals surface area contributed by atoms with Crippen molar-refractivity contribution >= 4 is 5.91 Å². The molecule has 41 heavy (non-hydrogen) atoms. The van der Waals surface area contributed by atoms with Crippen molar-refractivity contribution in [3.63, 3.8) is 0 Å². The van der Waals surface area contributed by atoms with Crippen molar-refractivity contribution in [1.29, 1.82) is 0 Å². The maximum Gasteiger partial charge on any atom is 0.416 e. The highest BCUT2D eigenvalue weighted by Crippen LogP contribution is 2.42. The summed E-state index contributed by atoms with van der Waals surface area (Å²) in [4.78, 5) is 15.6. The number of benzene rings is 3. The average Bonchev–Trinajstić information content (AvgIpc) is 3.33. The summed E-state index contributed by atoms with van der Waals surface area (Å²) >= 11 is 0. The predicted molar refractivity (Wildman–Crippen MR) is 153 cm³/mol. The fourth-order valence-electron chi connectivity index (χ4n) is 6.09. The molecule has 0 fully saturated rings. The minimum Gasteiger partial charge on any atom is -0.358 e. The molecule has 0 saturated carbocycles.